The van der Waals surface area contributed by atoms with E-state index in [1.54, 1.807) is 12.1 Å². The molecule has 0 aromatic heterocycles. The van der Waals surface area contributed by atoms with E-state index in [2.05, 4.69) is 23.5 Å². The van der Waals surface area contributed by atoms with Gasteiger partial charge in [0.2, 0.25) is 10.0 Å². The van der Waals surface area contributed by atoms with Gasteiger partial charge in [0.15, 0.2) is 0 Å². The molecule has 1 aliphatic heterocycles. The Balaban J connectivity index is 1.23. The molecule has 4 aromatic rings. The summed E-state index contributed by atoms with van der Waals surface area (Å²) in [6.07, 6.45) is 2.76. The standard InChI is InChI=1S/C28H24N2O3S/c31-28(29-26-15-12-21-9-8-20-6-3-7-25(26)27(20)21)22-10-13-24(14-11-22)34(32,33)30-17-16-19-4-1-2-5-23(19)18-30/h1-7,10-15H,8-9,16-18H2,(H,29,31). The van der Waals surface area contributed by atoms with Crippen molar-refractivity contribution in [2.45, 2.75) is 30.7 Å². The van der Waals surface area contributed by atoms with Crippen molar-refractivity contribution in [1.29, 1.82) is 0 Å². The number of aryl methyl sites for hydroxylation is 2. The number of nitrogens with zero attached hydrogens (tertiary/aromatic N) is 1. The highest BCUT2D eigenvalue weighted by atomic mass is 32.2. The van der Waals surface area contributed by atoms with Crippen LogP contribution in [0.4, 0.5) is 5.69 Å². The normalized spacial score (nSPS) is 15.3. The third-order valence-electron chi connectivity index (χ3n) is 6.98. The Bertz CT molecular complexity index is 1530. The zero-order valence-corrected chi connectivity index (χ0v) is 19.4. The van der Waals surface area contributed by atoms with E-state index in [0.717, 1.165) is 29.5 Å². The third kappa shape index (κ3) is 3.50. The van der Waals surface area contributed by atoms with Crippen LogP contribution in [-0.4, -0.2) is 25.2 Å². The van der Waals surface area contributed by atoms with E-state index in [1.807, 2.05) is 36.4 Å². The van der Waals surface area contributed by atoms with Gasteiger partial charge in [0.1, 0.15) is 0 Å². The number of carbonyl (C=O) groups is 1. The van der Waals surface area contributed by atoms with Gasteiger partial charge in [-0.2, -0.15) is 4.31 Å². The molecular formula is C28H24N2O3S. The van der Waals surface area contributed by atoms with Crippen molar-refractivity contribution >= 4 is 32.4 Å². The summed E-state index contributed by atoms with van der Waals surface area (Å²) in [5.74, 6) is -0.255. The van der Waals surface area contributed by atoms with Crippen LogP contribution >= 0.6 is 0 Å². The summed E-state index contributed by atoms with van der Waals surface area (Å²) in [6, 6.07) is 24.4. The zero-order chi connectivity index (χ0) is 23.3. The van der Waals surface area contributed by atoms with Crippen LogP contribution in [0.15, 0.2) is 83.8 Å². The highest BCUT2D eigenvalue weighted by Gasteiger charge is 2.28. The molecule has 0 bridgehead atoms. The molecule has 5 nitrogen and oxygen atoms in total. The number of rotatable bonds is 4. The van der Waals surface area contributed by atoms with Gasteiger partial charge in [-0.15, -0.1) is 0 Å². The summed E-state index contributed by atoms with van der Waals surface area (Å²) in [5, 5.41) is 5.30. The van der Waals surface area contributed by atoms with Crippen LogP contribution in [-0.2, 0) is 35.8 Å². The zero-order valence-electron chi connectivity index (χ0n) is 18.6. The van der Waals surface area contributed by atoms with Crippen molar-refractivity contribution in [3.63, 3.8) is 0 Å². The minimum atomic E-state index is -3.64. The molecule has 170 valence electrons. The summed E-state index contributed by atoms with van der Waals surface area (Å²) in [6.45, 7) is 0.818. The SMILES string of the molecule is O=C(Nc1ccc2c3c(cccc13)CC2)c1ccc(S(=O)(=O)N2CCc3ccccc3C2)cc1. The number of hydrogen-bond acceptors (Lipinski definition) is 3. The first-order chi connectivity index (χ1) is 16.5. The van der Waals surface area contributed by atoms with E-state index >= 15 is 0 Å². The second-order valence-corrected chi connectivity index (χ2v) is 10.9. The first kappa shape index (κ1) is 21.1. The van der Waals surface area contributed by atoms with Crippen molar-refractivity contribution in [2.24, 2.45) is 0 Å². The lowest BCUT2D eigenvalue weighted by molar-refractivity contribution is 0.102. The predicted octanol–water partition coefficient (Wildman–Crippen LogP) is 4.94. The van der Waals surface area contributed by atoms with Crippen molar-refractivity contribution < 1.29 is 13.2 Å². The van der Waals surface area contributed by atoms with Gasteiger partial charge < -0.3 is 5.32 Å². The lowest BCUT2D eigenvalue weighted by Gasteiger charge is -2.28. The molecule has 0 saturated heterocycles. The molecule has 2 aliphatic rings. The molecule has 1 N–H and O–H groups in total. The van der Waals surface area contributed by atoms with Gasteiger partial charge in [0.25, 0.3) is 5.91 Å². The third-order valence-corrected chi connectivity index (χ3v) is 8.83. The maximum atomic E-state index is 13.2. The summed E-state index contributed by atoms with van der Waals surface area (Å²) < 4.78 is 27.9. The summed E-state index contributed by atoms with van der Waals surface area (Å²) in [4.78, 5) is 13.2. The second kappa shape index (κ2) is 8.08. The maximum absolute atomic E-state index is 13.2. The fourth-order valence-electron chi connectivity index (χ4n) is 5.15. The molecule has 1 amide bonds. The Morgan fingerprint density at radius 3 is 2.24 bits per heavy atom. The molecule has 34 heavy (non-hydrogen) atoms. The predicted molar refractivity (Wildman–Crippen MR) is 133 cm³/mol. The average molecular weight is 469 g/mol. The summed E-state index contributed by atoms with van der Waals surface area (Å²) in [5.41, 5.74) is 6.07. The molecule has 6 heteroatoms. The molecule has 6 rings (SSSR count). The number of anilines is 1. The van der Waals surface area contributed by atoms with Gasteiger partial charge in [0, 0.05) is 29.7 Å². The highest BCUT2D eigenvalue weighted by Crippen LogP contribution is 2.35. The van der Waals surface area contributed by atoms with Gasteiger partial charge >= 0.3 is 0 Å². The summed E-state index contributed by atoms with van der Waals surface area (Å²) >= 11 is 0. The van der Waals surface area contributed by atoms with E-state index in [1.165, 1.54) is 38.5 Å². The van der Waals surface area contributed by atoms with Crippen molar-refractivity contribution in [3.05, 3.63) is 107 Å². The van der Waals surface area contributed by atoms with Gasteiger partial charge in [0.05, 0.1) is 4.90 Å². The molecule has 0 atom stereocenters. The highest BCUT2D eigenvalue weighted by molar-refractivity contribution is 7.89. The number of carbonyl (C=O) groups excluding carboxylic acids is 1. The number of sulfonamides is 1. The van der Waals surface area contributed by atoms with E-state index in [4.69, 9.17) is 0 Å². The first-order valence-electron chi connectivity index (χ1n) is 11.5. The number of hydrogen-bond donors (Lipinski definition) is 1. The minimum absolute atomic E-state index is 0.203. The largest absolute Gasteiger partial charge is 0.321 e. The number of fused-ring (bicyclic) bond motifs is 1. The topological polar surface area (TPSA) is 66.5 Å². The van der Waals surface area contributed by atoms with Crippen LogP contribution in [0.25, 0.3) is 10.8 Å². The van der Waals surface area contributed by atoms with Crippen LogP contribution < -0.4 is 5.32 Å². The summed E-state index contributed by atoms with van der Waals surface area (Å²) in [7, 11) is -3.64. The Hall–Kier alpha value is -3.48. The Morgan fingerprint density at radius 2 is 1.44 bits per heavy atom. The van der Waals surface area contributed by atoms with Gasteiger partial charge in [-0.1, -0.05) is 48.5 Å². The van der Waals surface area contributed by atoms with Gasteiger partial charge in [-0.3, -0.25) is 4.79 Å². The van der Waals surface area contributed by atoms with Crippen LogP contribution in [0.5, 0.6) is 0 Å². The quantitative estimate of drug-likeness (QED) is 0.461. The monoisotopic (exact) mass is 468 g/mol. The van der Waals surface area contributed by atoms with Gasteiger partial charge in [-0.05, 0) is 77.2 Å². The van der Waals surface area contributed by atoms with E-state index in [9.17, 15) is 13.2 Å². The Labute approximate surface area is 199 Å². The van der Waals surface area contributed by atoms with Gasteiger partial charge in [-0.25, -0.2) is 8.42 Å². The van der Waals surface area contributed by atoms with E-state index in [-0.39, 0.29) is 10.8 Å². The van der Waals surface area contributed by atoms with E-state index in [0.29, 0.717) is 25.1 Å². The van der Waals surface area contributed by atoms with Crippen LogP contribution in [0.2, 0.25) is 0 Å². The first-order valence-corrected chi connectivity index (χ1v) is 13.0. The molecular weight excluding hydrogens is 444 g/mol. The van der Waals surface area contributed by atoms with Crippen LogP contribution in [0.3, 0.4) is 0 Å². The molecule has 0 spiro atoms. The molecule has 0 radical (unpaired) electrons. The van der Waals surface area contributed by atoms with Crippen molar-refractivity contribution in [3.8, 4) is 0 Å². The molecule has 0 fully saturated rings. The minimum Gasteiger partial charge on any atom is -0.321 e. The second-order valence-electron chi connectivity index (χ2n) is 8.95. The fraction of sp³-hybridized carbons (Fsp3) is 0.179. The van der Waals surface area contributed by atoms with Crippen LogP contribution in [0, 0.1) is 0 Å². The van der Waals surface area contributed by atoms with Crippen LogP contribution in [0.1, 0.15) is 32.6 Å². The van der Waals surface area contributed by atoms with E-state index < -0.39 is 10.0 Å². The lowest BCUT2D eigenvalue weighted by Crippen LogP contribution is -2.35. The number of nitrogens with one attached hydrogen (secondary N) is 1. The Morgan fingerprint density at radius 1 is 0.735 bits per heavy atom. The maximum Gasteiger partial charge on any atom is 0.255 e. The molecule has 0 unspecified atom stereocenters. The smallest absolute Gasteiger partial charge is 0.255 e. The number of amides is 1. The average Bonchev–Trinajstić information content (AvgIpc) is 3.30. The number of benzene rings is 4. The molecule has 4 aromatic carbocycles. The van der Waals surface area contributed by atoms with Crippen molar-refractivity contribution in [1.82, 2.24) is 4.31 Å². The fourth-order valence-corrected chi connectivity index (χ4v) is 6.57. The molecule has 0 saturated carbocycles. The molecule has 1 heterocycles. The Kier molecular flexibility index (Phi) is 5.01. The lowest BCUT2D eigenvalue weighted by atomic mass is 10.0. The van der Waals surface area contributed by atoms with Crippen molar-refractivity contribution in [2.75, 3.05) is 11.9 Å². The molecule has 1 aliphatic carbocycles.